The maximum atomic E-state index is 11.8. The highest BCUT2D eigenvalue weighted by Gasteiger charge is 2.02. The minimum atomic E-state index is -0.263. The summed E-state index contributed by atoms with van der Waals surface area (Å²) in [5.74, 6) is 1.01. The van der Waals surface area contributed by atoms with Gasteiger partial charge in [0.15, 0.2) is 10.5 Å². The van der Waals surface area contributed by atoms with Crippen LogP contribution in [0.15, 0.2) is 64.1 Å². The lowest BCUT2D eigenvalue weighted by Gasteiger charge is -2.03. The van der Waals surface area contributed by atoms with Crippen molar-refractivity contribution in [1.82, 2.24) is 14.8 Å². The Balaban J connectivity index is 1.63. The third-order valence-corrected chi connectivity index (χ3v) is 3.17. The van der Waals surface area contributed by atoms with Gasteiger partial charge in [0.2, 0.25) is 5.91 Å². The molecule has 1 amide bonds. The number of nitrogens with zero attached hydrogens (tertiary/aromatic N) is 3. The van der Waals surface area contributed by atoms with Gasteiger partial charge in [-0.1, -0.05) is 0 Å². The van der Waals surface area contributed by atoms with Gasteiger partial charge in [-0.3, -0.25) is 4.79 Å². The van der Waals surface area contributed by atoms with Crippen LogP contribution in [0.5, 0.6) is 0 Å². The molecule has 0 radical (unpaired) electrons. The average molecular weight is 359 g/mol. The lowest BCUT2D eigenvalue weighted by Crippen LogP contribution is -2.08. The zero-order valence-electron chi connectivity index (χ0n) is 11.3. The van der Waals surface area contributed by atoms with E-state index >= 15 is 0 Å². The predicted molar refractivity (Wildman–Crippen MR) is 85.4 cm³/mol. The van der Waals surface area contributed by atoms with Crippen molar-refractivity contribution in [3.8, 4) is 5.82 Å². The van der Waals surface area contributed by atoms with Crippen molar-refractivity contribution in [3.05, 3.63) is 65.4 Å². The van der Waals surface area contributed by atoms with E-state index in [9.17, 15) is 4.79 Å². The summed E-state index contributed by atoms with van der Waals surface area (Å²) in [6.45, 7) is 0. The van der Waals surface area contributed by atoms with Crippen LogP contribution in [-0.4, -0.2) is 20.7 Å². The lowest BCUT2D eigenvalue weighted by atomic mass is 10.3. The van der Waals surface area contributed by atoms with Gasteiger partial charge < -0.3 is 9.73 Å². The van der Waals surface area contributed by atoms with Gasteiger partial charge in [-0.25, -0.2) is 9.67 Å². The Morgan fingerprint density at radius 2 is 2.23 bits per heavy atom. The molecule has 0 aliphatic carbocycles. The first-order valence-corrected chi connectivity index (χ1v) is 7.20. The van der Waals surface area contributed by atoms with Crippen LogP contribution in [-0.2, 0) is 4.79 Å². The number of hydrogen-bond donors (Lipinski definition) is 1. The van der Waals surface area contributed by atoms with E-state index in [1.807, 2.05) is 6.07 Å². The first-order chi connectivity index (χ1) is 10.7. The highest BCUT2D eigenvalue weighted by Crippen LogP contribution is 2.15. The first-order valence-electron chi connectivity index (χ1n) is 6.41. The molecule has 7 heteroatoms. The van der Waals surface area contributed by atoms with Crippen LogP contribution >= 0.6 is 15.9 Å². The third-order valence-electron chi connectivity index (χ3n) is 2.75. The molecule has 3 aromatic heterocycles. The largest absolute Gasteiger partial charge is 0.450 e. The number of halogens is 1. The number of rotatable bonds is 4. The number of pyridine rings is 1. The molecule has 3 aromatic rings. The molecule has 0 saturated carbocycles. The average Bonchev–Trinajstić information content (AvgIpc) is 3.17. The van der Waals surface area contributed by atoms with Crippen molar-refractivity contribution in [3.63, 3.8) is 0 Å². The molecule has 3 rings (SSSR count). The van der Waals surface area contributed by atoms with Gasteiger partial charge in [-0.05, 0) is 52.3 Å². The standard InChI is InChI=1S/C15H11BrN4O2/c16-13-5-3-12(22-13)4-7-15(21)19-11-2-6-14(17-10-11)20-9-1-8-18-20/h1-10H,(H,19,21)/b7-4+. The topological polar surface area (TPSA) is 73.0 Å². The Labute approximate surface area is 134 Å². The summed E-state index contributed by atoms with van der Waals surface area (Å²) >= 11 is 3.20. The van der Waals surface area contributed by atoms with Crippen LogP contribution in [0, 0.1) is 0 Å². The highest BCUT2D eigenvalue weighted by molar-refractivity contribution is 9.10. The molecular weight excluding hydrogens is 348 g/mol. The summed E-state index contributed by atoms with van der Waals surface area (Å²) in [5, 5.41) is 6.80. The van der Waals surface area contributed by atoms with Crippen LogP contribution in [0.1, 0.15) is 5.76 Å². The first kappa shape index (κ1) is 14.3. The van der Waals surface area contributed by atoms with Gasteiger partial charge in [0.1, 0.15) is 5.76 Å². The summed E-state index contributed by atoms with van der Waals surface area (Å²) < 4.78 is 7.52. The molecule has 0 bridgehead atoms. The third kappa shape index (κ3) is 3.50. The van der Waals surface area contributed by atoms with Crippen LogP contribution in [0.3, 0.4) is 0 Å². The number of anilines is 1. The minimum absolute atomic E-state index is 0.263. The van der Waals surface area contributed by atoms with E-state index in [1.165, 1.54) is 6.08 Å². The summed E-state index contributed by atoms with van der Waals surface area (Å²) in [6.07, 6.45) is 8.03. The summed E-state index contributed by atoms with van der Waals surface area (Å²) in [4.78, 5) is 16.0. The maximum absolute atomic E-state index is 11.8. The van der Waals surface area contributed by atoms with E-state index in [4.69, 9.17) is 4.42 Å². The quantitative estimate of drug-likeness (QED) is 0.726. The fourth-order valence-electron chi connectivity index (χ4n) is 1.76. The van der Waals surface area contributed by atoms with E-state index in [0.717, 1.165) is 0 Å². The molecular formula is C15H11BrN4O2. The molecule has 110 valence electrons. The fourth-order valence-corrected chi connectivity index (χ4v) is 2.08. The number of carbonyl (C=O) groups is 1. The van der Waals surface area contributed by atoms with Gasteiger partial charge >= 0.3 is 0 Å². The van der Waals surface area contributed by atoms with Crippen molar-refractivity contribution >= 4 is 33.6 Å². The second-order valence-electron chi connectivity index (χ2n) is 4.32. The number of aromatic nitrogens is 3. The molecule has 3 heterocycles. The number of furan rings is 1. The lowest BCUT2D eigenvalue weighted by molar-refractivity contribution is -0.111. The number of amides is 1. The predicted octanol–water partition coefficient (Wildman–Crippen LogP) is 3.27. The molecule has 0 atom stereocenters. The smallest absolute Gasteiger partial charge is 0.248 e. The summed E-state index contributed by atoms with van der Waals surface area (Å²) in [7, 11) is 0. The van der Waals surface area contributed by atoms with Crippen molar-refractivity contribution in [2.45, 2.75) is 0 Å². The molecule has 0 fully saturated rings. The van der Waals surface area contributed by atoms with Gasteiger partial charge in [0, 0.05) is 18.5 Å². The Morgan fingerprint density at radius 1 is 1.32 bits per heavy atom. The minimum Gasteiger partial charge on any atom is -0.450 e. The van der Waals surface area contributed by atoms with Crippen molar-refractivity contribution in [1.29, 1.82) is 0 Å². The highest BCUT2D eigenvalue weighted by atomic mass is 79.9. The summed E-state index contributed by atoms with van der Waals surface area (Å²) in [5.41, 5.74) is 0.603. The molecule has 0 aromatic carbocycles. The molecule has 0 unspecified atom stereocenters. The molecule has 1 N–H and O–H groups in total. The fraction of sp³-hybridized carbons (Fsp3) is 0. The Morgan fingerprint density at radius 3 is 2.86 bits per heavy atom. The second-order valence-corrected chi connectivity index (χ2v) is 5.10. The SMILES string of the molecule is O=C(/C=C/c1ccc(Br)o1)Nc1ccc(-n2cccn2)nc1. The van der Waals surface area contributed by atoms with Crippen LogP contribution < -0.4 is 5.32 Å². The normalized spacial score (nSPS) is 11.0. The Kier molecular flexibility index (Phi) is 4.15. The molecule has 6 nitrogen and oxygen atoms in total. The van der Waals surface area contributed by atoms with Gasteiger partial charge in [-0.2, -0.15) is 5.10 Å². The summed E-state index contributed by atoms with van der Waals surface area (Å²) in [6, 6.07) is 8.87. The Bertz CT molecular complexity index is 791. The molecule has 0 aliphatic heterocycles. The van der Waals surface area contributed by atoms with E-state index in [-0.39, 0.29) is 5.91 Å². The molecule has 22 heavy (non-hydrogen) atoms. The monoisotopic (exact) mass is 358 g/mol. The van der Waals surface area contributed by atoms with Crippen molar-refractivity contribution in [2.75, 3.05) is 5.32 Å². The van der Waals surface area contributed by atoms with Crippen molar-refractivity contribution in [2.24, 2.45) is 0 Å². The van der Waals surface area contributed by atoms with Gasteiger partial charge in [0.25, 0.3) is 0 Å². The van der Waals surface area contributed by atoms with E-state index in [0.29, 0.717) is 21.9 Å². The van der Waals surface area contributed by atoms with Crippen LogP contribution in [0.25, 0.3) is 11.9 Å². The van der Waals surface area contributed by atoms with Crippen LogP contribution in [0.4, 0.5) is 5.69 Å². The second kappa shape index (κ2) is 6.40. The molecule has 0 aliphatic rings. The number of carbonyl (C=O) groups excluding carboxylic acids is 1. The van der Waals surface area contributed by atoms with Crippen LogP contribution in [0.2, 0.25) is 0 Å². The van der Waals surface area contributed by atoms with Gasteiger partial charge in [0.05, 0.1) is 11.9 Å². The maximum Gasteiger partial charge on any atom is 0.248 e. The van der Waals surface area contributed by atoms with E-state index in [1.54, 1.807) is 53.6 Å². The number of hydrogen-bond acceptors (Lipinski definition) is 4. The Hall–Kier alpha value is -2.67. The van der Waals surface area contributed by atoms with E-state index in [2.05, 4.69) is 31.3 Å². The van der Waals surface area contributed by atoms with Crippen molar-refractivity contribution < 1.29 is 9.21 Å². The number of nitrogens with one attached hydrogen (secondary N) is 1. The molecule has 0 spiro atoms. The van der Waals surface area contributed by atoms with E-state index < -0.39 is 0 Å². The van der Waals surface area contributed by atoms with Gasteiger partial charge in [-0.15, -0.1) is 0 Å². The zero-order chi connectivity index (χ0) is 15.4. The zero-order valence-corrected chi connectivity index (χ0v) is 12.9. The molecule has 0 saturated heterocycles.